The molecule has 0 aromatic heterocycles. The summed E-state index contributed by atoms with van der Waals surface area (Å²) in [6.07, 6.45) is 10.6. The SMILES string of the molecule is NC1CCCCCCCCC1S. The molecule has 12 heavy (non-hydrogen) atoms. The molecule has 0 aromatic carbocycles. The van der Waals surface area contributed by atoms with Gasteiger partial charge < -0.3 is 5.73 Å². The van der Waals surface area contributed by atoms with E-state index in [1.54, 1.807) is 0 Å². The number of hydrogen-bond acceptors (Lipinski definition) is 2. The van der Waals surface area contributed by atoms with Gasteiger partial charge in [-0.1, -0.05) is 38.5 Å². The van der Waals surface area contributed by atoms with Gasteiger partial charge in [-0.15, -0.1) is 0 Å². The first-order chi connectivity index (χ1) is 5.80. The van der Waals surface area contributed by atoms with Gasteiger partial charge in [0.2, 0.25) is 0 Å². The Morgan fingerprint density at radius 1 is 0.833 bits per heavy atom. The van der Waals surface area contributed by atoms with Gasteiger partial charge in [-0.25, -0.2) is 0 Å². The fraction of sp³-hybridized carbons (Fsp3) is 1.00. The van der Waals surface area contributed by atoms with Gasteiger partial charge in [0.15, 0.2) is 0 Å². The Bertz CT molecular complexity index is 102. The van der Waals surface area contributed by atoms with Crippen molar-refractivity contribution in [2.24, 2.45) is 5.73 Å². The maximum absolute atomic E-state index is 5.99. The van der Waals surface area contributed by atoms with Gasteiger partial charge in [-0.2, -0.15) is 12.6 Å². The third-order valence-corrected chi connectivity index (χ3v) is 3.42. The maximum atomic E-state index is 5.99. The Morgan fingerprint density at radius 2 is 1.33 bits per heavy atom. The monoisotopic (exact) mass is 187 g/mol. The van der Waals surface area contributed by atoms with Crippen LogP contribution in [0, 0.1) is 0 Å². The standard InChI is InChI=1S/C10H21NS/c11-9-7-5-3-1-2-4-6-8-10(9)12/h9-10,12H,1-8,11H2. The molecule has 1 aliphatic rings. The highest BCUT2D eigenvalue weighted by Crippen LogP contribution is 2.19. The van der Waals surface area contributed by atoms with Crippen molar-refractivity contribution >= 4 is 12.6 Å². The summed E-state index contributed by atoms with van der Waals surface area (Å²) in [5.74, 6) is 0. The second-order valence-electron chi connectivity index (χ2n) is 3.93. The van der Waals surface area contributed by atoms with Gasteiger partial charge in [-0.05, 0) is 12.8 Å². The molecule has 1 aliphatic carbocycles. The summed E-state index contributed by atoms with van der Waals surface area (Å²) in [5, 5.41) is 0.447. The van der Waals surface area contributed by atoms with Crippen LogP contribution < -0.4 is 5.73 Å². The Morgan fingerprint density at radius 3 is 2.00 bits per heavy atom. The van der Waals surface area contributed by atoms with Crippen molar-refractivity contribution in [3.05, 3.63) is 0 Å². The molecule has 0 aromatic rings. The van der Waals surface area contributed by atoms with Crippen molar-refractivity contribution in [1.82, 2.24) is 0 Å². The quantitative estimate of drug-likeness (QED) is 0.560. The molecule has 2 N–H and O–H groups in total. The van der Waals surface area contributed by atoms with E-state index < -0.39 is 0 Å². The summed E-state index contributed by atoms with van der Waals surface area (Å²) in [4.78, 5) is 0. The van der Waals surface area contributed by atoms with Crippen LogP contribution in [0.15, 0.2) is 0 Å². The van der Waals surface area contributed by atoms with E-state index in [1.807, 2.05) is 0 Å². The molecule has 1 saturated carbocycles. The summed E-state index contributed by atoms with van der Waals surface area (Å²) in [5.41, 5.74) is 5.99. The molecule has 1 rings (SSSR count). The summed E-state index contributed by atoms with van der Waals surface area (Å²) < 4.78 is 0. The molecule has 0 aliphatic heterocycles. The first-order valence-electron chi connectivity index (χ1n) is 5.24. The normalized spacial score (nSPS) is 34.5. The third-order valence-electron chi connectivity index (χ3n) is 2.78. The molecule has 0 bridgehead atoms. The fourth-order valence-corrected chi connectivity index (χ4v) is 2.18. The van der Waals surface area contributed by atoms with Crippen molar-refractivity contribution in [3.63, 3.8) is 0 Å². The van der Waals surface area contributed by atoms with Gasteiger partial charge >= 0.3 is 0 Å². The number of nitrogens with two attached hydrogens (primary N) is 1. The van der Waals surface area contributed by atoms with E-state index in [0.29, 0.717) is 11.3 Å². The molecule has 1 fully saturated rings. The summed E-state index contributed by atoms with van der Waals surface area (Å²) >= 11 is 4.53. The van der Waals surface area contributed by atoms with E-state index in [4.69, 9.17) is 5.73 Å². The summed E-state index contributed by atoms with van der Waals surface area (Å²) in [6.45, 7) is 0. The van der Waals surface area contributed by atoms with E-state index in [2.05, 4.69) is 12.6 Å². The number of thiol groups is 1. The highest BCUT2D eigenvalue weighted by Gasteiger charge is 2.13. The summed E-state index contributed by atoms with van der Waals surface area (Å²) in [7, 11) is 0. The van der Waals surface area contributed by atoms with Gasteiger partial charge in [0, 0.05) is 11.3 Å². The van der Waals surface area contributed by atoms with Gasteiger partial charge in [-0.3, -0.25) is 0 Å². The first kappa shape index (κ1) is 10.4. The highest BCUT2D eigenvalue weighted by atomic mass is 32.1. The van der Waals surface area contributed by atoms with Crippen LogP contribution in [-0.4, -0.2) is 11.3 Å². The first-order valence-corrected chi connectivity index (χ1v) is 5.76. The predicted octanol–water partition coefficient (Wildman–Crippen LogP) is 2.75. The van der Waals surface area contributed by atoms with Crippen LogP contribution in [0.1, 0.15) is 51.4 Å². The van der Waals surface area contributed by atoms with Crippen LogP contribution in [0.4, 0.5) is 0 Å². The minimum absolute atomic E-state index is 0.339. The van der Waals surface area contributed by atoms with Gasteiger partial charge in [0.05, 0.1) is 0 Å². The molecule has 0 heterocycles. The molecule has 72 valence electrons. The fourth-order valence-electron chi connectivity index (χ4n) is 1.85. The largest absolute Gasteiger partial charge is 0.327 e. The third kappa shape index (κ3) is 3.81. The Balaban J connectivity index is 2.26. The van der Waals surface area contributed by atoms with Gasteiger partial charge in [0.1, 0.15) is 0 Å². The molecule has 0 radical (unpaired) electrons. The van der Waals surface area contributed by atoms with Crippen LogP contribution in [0.3, 0.4) is 0 Å². The van der Waals surface area contributed by atoms with Crippen LogP contribution in [0.5, 0.6) is 0 Å². The van der Waals surface area contributed by atoms with Crippen molar-refractivity contribution < 1.29 is 0 Å². The Hall–Kier alpha value is 0.310. The molecule has 0 amide bonds. The van der Waals surface area contributed by atoms with E-state index in [-0.39, 0.29) is 0 Å². The van der Waals surface area contributed by atoms with Crippen molar-refractivity contribution in [2.45, 2.75) is 62.7 Å². The number of hydrogen-bond donors (Lipinski definition) is 2. The van der Waals surface area contributed by atoms with E-state index in [1.165, 1.54) is 51.4 Å². The zero-order valence-corrected chi connectivity index (χ0v) is 8.73. The lowest BCUT2D eigenvalue weighted by atomic mass is 9.98. The van der Waals surface area contributed by atoms with Gasteiger partial charge in [0.25, 0.3) is 0 Å². The molecule has 2 heteroatoms. The number of rotatable bonds is 0. The molecule has 2 atom stereocenters. The topological polar surface area (TPSA) is 26.0 Å². The zero-order chi connectivity index (χ0) is 8.81. The molecule has 0 spiro atoms. The summed E-state index contributed by atoms with van der Waals surface area (Å²) in [6, 6.07) is 0.339. The maximum Gasteiger partial charge on any atom is 0.0168 e. The Labute approximate surface area is 81.5 Å². The van der Waals surface area contributed by atoms with E-state index in [0.717, 1.165) is 0 Å². The average molecular weight is 187 g/mol. The van der Waals surface area contributed by atoms with E-state index >= 15 is 0 Å². The van der Waals surface area contributed by atoms with Crippen LogP contribution >= 0.6 is 12.6 Å². The van der Waals surface area contributed by atoms with Crippen molar-refractivity contribution in [2.75, 3.05) is 0 Å². The second-order valence-corrected chi connectivity index (χ2v) is 4.59. The predicted molar refractivity (Wildman–Crippen MR) is 57.7 cm³/mol. The van der Waals surface area contributed by atoms with E-state index in [9.17, 15) is 0 Å². The van der Waals surface area contributed by atoms with Crippen molar-refractivity contribution in [3.8, 4) is 0 Å². The molecule has 1 nitrogen and oxygen atoms in total. The lowest BCUT2D eigenvalue weighted by Gasteiger charge is -2.20. The molecule has 2 unspecified atom stereocenters. The second kappa shape index (κ2) is 5.87. The minimum Gasteiger partial charge on any atom is -0.327 e. The molecular weight excluding hydrogens is 166 g/mol. The lowest BCUT2D eigenvalue weighted by Crippen LogP contribution is -2.31. The highest BCUT2D eigenvalue weighted by molar-refractivity contribution is 7.81. The minimum atomic E-state index is 0.339. The van der Waals surface area contributed by atoms with Crippen LogP contribution in [0.25, 0.3) is 0 Å². The van der Waals surface area contributed by atoms with Crippen molar-refractivity contribution in [1.29, 1.82) is 0 Å². The average Bonchev–Trinajstić information content (AvgIpc) is 2.08. The Kier molecular flexibility index (Phi) is 5.08. The lowest BCUT2D eigenvalue weighted by molar-refractivity contribution is 0.471. The smallest absolute Gasteiger partial charge is 0.0168 e. The molecule has 0 saturated heterocycles. The van der Waals surface area contributed by atoms with Crippen LogP contribution in [-0.2, 0) is 0 Å². The van der Waals surface area contributed by atoms with Crippen LogP contribution in [0.2, 0.25) is 0 Å². The molecular formula is C10H21NS. The zero-order valence-electron chi connectivity index (χ0n) is 7.84.